The fourth-order valence-electron chi connectivity index (χ4n) is 2.74. The molecule has 1 heterocycles. The van der Waals surface area contributed by atoms with Gasteiger partial charge in [-0.3, -0.25) is 10.1 Å². The standard InChI is InChI=1S/C20H23N3O3/c1-25-18-12-6-5-11-17(18)22-20(21-14-16-10-7-13-26-16)23-19(24)15-8-3-2-4-9-15/h2-6,8-9,11-12,16H,7,10,13-14H2,1H3,(H2,21,22,23,24)/t16-/m0/s1. The minimum Gasteiger partial charge on any atom is -0.495 e. The molecule has 2 N–H and O–H groups in total. The van der Waals surface area contributed by atoms with Crippen LogP contribution in [0.25, 0.3) is 0 Å². The van der Waals surface area contributed by atoms with Crippen molar-refractivity contribution in [1.82, 2.24) is 5.32 Å². The highest BCUT2D eigenvalue weighted by Gasteiger charge is 2.16. The van der Waals surface area contributed by atoms with E-state index in [1.165, 1.54) is 0 Å². The number of hydrogen-bond donors (Lipinski definition) is 2. The van der Waals surface area contributed by atoms with E-state index in [1.807, 2.05) is 42.5 Å². The van der Waals surface area contributed by atoms with E-state index >= 15 is 0 Å². The summed E-state index contributed by atoms with van der Waals surface area (Å²) in [5, 5.41) is 6.01. The topological polar surface area (TPSA) is 71.9 Å². The minimum atomic E-state index is -0.223. The number of para-hydroxylation sites is 2. The molecule has 1 atom stereocenters. The van der Waals surface area contributed by atoms with Gasteiger partial charge in [-0.2, -0.15) is 0 Å². The van der Waals surface area contributed by atoms with Gasteiger partial charge in [0.1, 0.15) is 5.75 Å². The third-order valence-corrected chi connectivity index (χ3v) is 4.10. The van der Waals surface area contributed by atoms with Crippen molar-refractivity contribution in [3.63, 3.8) is 0 Å². The Kier molecular flexibility index (Phi) is 6.22. The lowest BCUT2D eigenvalue weighted by Crippen LogP contribution is -2.36. The zero-order valence-electron chi connectivity index (χ0n) is 14.8. The van der Waals surface area contributed by atoms with Gasteiger partial charge in [-0.15, -0.1) is 0 Å². The molecule has 6 nitrogen and oxygen atoms in total. The van der Waals surface area contributed by atoms with E-state index in [-0.39, 0.29) is 12.0 Å². The van der Waals surface area contributed by atoms with E-state index in [4.69, 9.17) is 9.47 Å². The molecule has 2 aromatic rings. The van der Waals surface area contributed by atoms with Gasteiger partial charge in [0.2, 0.25) is 5.96 Å². The number of ether oxygens (including phenoxy) is 2. The third kappa shape index (κ3) is 4.83. The van der Waals surface area contributed by atoms with Crippen LogP contribution in [0.1, 0.15) is 23.2 Å². The van der Waals surface area contributed by atoms with Crippen molar-refractivity contribution in [1.29, 1.82) is 0 Å². The first-order chi connectivity index (χ1) is 12.8. The predicted molar refractivity (Wildman–Crippen MR) is 102 cm³/mol. The summed E-state index contributed by atoms with van der Waals surface area (Å²) in [6.45, 7) is 1.26. The first-order valence-corrected chi connectivity index (χ1v) is 8.69. The van der Waals surface area contributed by atoms with E-state index in [0.717, 1.165) is 25.1 Å². The summed E-state index contributed by atoms with van der Waals surface area (Å²) in [7, 11) is 1.60. The Morgan fingerprint density at radius 3 is 2.69 bits per heavy atom. The minimum absolute atomic E-state index is 0.0955. The smallest absolute Gasteiger partial charge is 0.257 e. The molecule has 0 aromatic heterocycles. The highest BCUT2D eigenvalue weighted by Crippen LogP contribution is 2.23. The van der Waals surface area contributed by atoms with Crippen LogP contribution < -0.4 is 15.4 Å². The van der Waals surface area contributed by atoms with Crippen molar-refractivity contribution >= 4 is 17.6 Å². The summed E-state index contributed by atoms with van der Waals surface area (Å²) in [4.78, 5) is 17.0. The molecule has 1 amide bonds. The van der Waals surface area contributed by atoms with Gasteiger partial charge in [0, 0.05) is 12.2 Å². The molecule has 6 heteroatoms. The van der Waals surface area contributed by atoms with Crippen molar-refractivity contribution in [2.75, 3.05) is 25.6 Å². The van der Waals surface area contributed by atoms with Gasteiger partial charge in [-0.05, 0) is 37.1 Å². The number of aliphatic imine (C=N–C) groups is 1. The van der Waals surface area contributed by atoms with Crippen LogP contribution in [0.15, 0.2) is 59.6 Å². The number of carbonyl (C=O) groups excluding carboxylic acids is 1. The Bertz CT molecular complexity index is 756. The Morgan fingerprint density at radius 1 is 1.19 bits per heavy atom. The summed E-state index contributed by atoms with van der Waals surface area (Å²) < 4.78 is 11.0. The van der Waals surface area contributed by atoms with Crippen LogP contribution >= 0.6 is 0 Å². The Morgan fingerprint density at radius 2 is 1.96 bits per heavy atom. The van der Waals surface area contributed by atoms with Crippen molar-refractivity contribution in [2.24, 2.45) is 4.99 Å². The Labute approximate surface area is 153 Å². The van der Waals surface area contributed by atoms with Gasteiger partial charge >= 0.3 is 0 Å². The first-order valence-electron chi connectivity index (χ1n) is 8.69. The number of methoxy groups -OCH3 is 1. The summed E-state index contributed by atoms with van der Waals surface area (Å²) in [6.07, 6.45) is 2.13. The lowest BCUT2D eigenvalue weighted by Gasteiger charge is -2.15. The molecule has 0 radical (unpaired) electrons. The highest BCUT2D eigenvalue weighted by molar-refractivity contribution is 6.10. The number of nitrogens with zero attached hydrogens (tertiary/aromatic N) is 1. The lowest BCUT2D eigenvalue weighted by molar-refractivity contribution is 0.0975. The zero-order chi connectivity index (χ0) is 18.2. The molecule has 1 aliphatic rings. The second-order valence-electron chi connectivity index (χ2n) is 5.97. The summed E-state index contributed by atoms with van der Waals surface area (Å²) >= 11 is 0. The van der Waals surface area contributed by atoms with E-state index in [1.54, 1.807) is 19.2 Å². The SMILES string of the molecule is COc1ccccc1NC(=NC[C@@H]1CCCO1)NC(=O)c1ccccc1. The van der Waals surface area contributed by atoms with Crippen LogP contribution in [0, 0.1) is 0 Å². The van der Waals surface area contributed by atoms with Crippen LogP contribution in [0.4, 0.5) is 5.69 Å². The highest BCUT2D eigenvalue weighted by atomic mass is 16.5. The van der Waals surface area contributed by atoms with Crippen LogP contribution in [-0.2, 0) is 4.74 Å². The van der Waals surface area contributed by atoms with Gasteiger partial charge in [0.15, 0.2) is 0 Å². The Balaban J connectivity index is 1.76. The van der Waals surface area contributed by atoms with Crippen molar-refractivity contribution < 1.29 is 14.3 Å². The average molecular weight is 353 g/mol. The number of amides is 1. The Hall–Kier alpha value is -2.86. The number of nitrogens with one attached hydrogen (secondary N) is 2. The van der Waals surface area contributed by atoms with Crippen molar-refractivity contribution in [3.8, 4) is 5.75 Å². The number of benzene rings is 2. The largest absolute Gasteiger partial charge is 0.495 e. The van der Waals surface area contributed by atoms with Gasteiger partial charge in [0.25, 0.3) is 5.91 Å². The first kappa shape index (κ1) is 17.9. The summed E-state index contributed by atoms with van der Waals surface area (Å²) in [5.41, 5.74) is 1.30. The maximum Gasteiger partial charge on any atom is 0.257 e. The fourth-order valence-corrected chi connectivity index (χ4v) is 2.74. The molecule has 0 bridgehead atoms. The molecular formula is C20H23N3O3. The zero-order valence-corrected chi connectivity index (χ0v) is 14.8. The quantitative estimate of drug-likeness (QED) is 0.640. The van der Waals surface area contributed by atoms with Crippen LogP contribution in [0.2, 0.25) is 0 Å². The molecule has 26 heavy (non-hydrogen) atoms. The molecule has 1 fully saturated rings. The molecule has 1 aliphatic heterocycles. The van der Waals surface area contributed by atoms with Gasteiger partial charge in [-0.25, -0.2) is 4.99 Å². The van der Waals surface area contributed by atoms with Gasteiger partial charge in [-0.1, -0.05) is 30.3 Å². The number of rotatable bonds is 5. The molecule has 0 aliphatic carbocycles. The van der Waals surface area contributed by atoms with Gasteiger partial charge < -0.3 is 14.8 Å². The molecular weight excluding hydrogens is 330 g/mol. The van der Waals surface area contributed by atoms with Crippen LogP contribution in [-0.4, -0.2) is 38.2 Å². The normalized spacial score (nSPS) is 17.0. The second-order valence-corrected chi connectivity index (χ2v) is 5.97. The number of anilines is 1. The van der Waals surface area contributed by atoms with Crippen LogP contribution in [0.5, 0.6) is 5.75 Å². The third-order valence-electron chi connectivity index (χ3n) is 4.10. The predicted octanol–water partition coefficient (Wildman–Crippen LogP) is 3.07. The van der Waals surface area contributed by atoms with Crippen molar-refractivity contribution in [2.45, 2.75) is 18.9 Å². The van der Waals surface area contributed by atoms with E-state index in [9.17, 15) is 4.79 Å². The van der Waals surface area contributed by atoms with E-state index in [2.05, 4.69) is 15.6 Å². The fraction of sp³-hybridized carbons (Fsp3) is 0.300. The molecule has 2 aromatic carbocycles. The lowest BCUT2D eigenvalue weighted by atomic mass is 10.2. The van der Waals surface area contributed by atoms with E-state index in [0.29, 0.717) is 23.8 Å². The maximum absolute atomic E-state index is 12.5. The van der Waals surface area contributed by atoms with Crippen molar-refractivity contribution in [3.05, 3.63) is 60.2 Å². The number of hydrogen-bond acceptors (Lipinski definition) is 4. The van der Waals surface area contributed by atoms with Gasteiger partial charge in [0.05, 0.1) is 25.4 Å². The van der Waals surface area contributed by atoms with E-state index < -0.39 is 0 Å². The summed E-state index contributed by atoms with van der Waals surface area (Å²) in [6, 6.07) is 16.5. The molecule has 3 rings (SSSR count). The number of guanidine groups is 1. The average Bonchev–Trinajstić information content (AvgIpc) is 3.21. The molecule has 0 spiro atoms. The van der Waals surface area contributed by atoms with Crippen LogP contribution in [0.3, 0.4) is 0 Å². The molecule has 0 unspecified atom stereocenters. The monoisotopic (exact) mass is 353 g/mol. The number of carbonyl (C=O) groups is 1. The molecule has 1 saturated heterocycles. The molecule has 136 valence electrons. The molecule has 0 saturated carbocycles. The second kappa shape index (κ2) is 9.01. The summed E-state index contributed by atoms with van der Waals surface area (Å²) in [5.74, 6) is 0.823. The maximum atomic E-state index is 12.5.